The van der Waals surface area contributed by atoms with E-state index in [1.807, 2.05) is 24.3 Å². The number of nitrogens with zero attached hydrogens (tertiary/aromatic N) is 1. The van der Waals surface area contributed by atoms with Crippen molar-refractivity contribution in [2.75, 3.05) is 31.1 Å². The number of anilines is 1. The smallest absolute Gasteiger partial charge is 0.414 e. The highest BCUT2D eigenvalue weighted by Gasteiger charge is 2.32. The Hall–Kier alpha value is -2.97. The topological polar surface area (TPSA) is 82.7 Å². The first-order chi connectivity index (χ1) is 14.5. The van der Waals surface area contributed by atoms with Crippen LogP contribution >= 0.6 is 0 Å². The van der Waals surface area contributed by atoms with Gasteiger partial charge in [0.25, 0.3) is 0 Å². The van der Waals surface area contributed by atoms with Crippen molar-refractivity contribution in [1.82, 2.24) is 16.0 Å². The Morgan fingerprint density at radius 1 is 1.23 bits per heavy atom. The Balaban J connectivity index is 1.41. The van der Waals surface area contributed by atoms with Crippen molar-refractivity contribution in [3.63, 3.8) is 0 Å². The van der Waals surface area contributed by atoms with Crippen LogP contribution < -0.4 is 20.9 Å². The zero-order valence-electron chi connectivity index (χ0n) is 16.8. The van der Waals surface area contributed by atoms with Gasteiger partial charge in [0.2, 0.25) is 5.91 Å². The molecule has 7 nitrogen and oxygen atoms in total. The van der Waals surface area contributed by atoms with E-state index in [1.54, 1.807) is 12.1 Å². The SMILES string of the molecule is CC(=O)NCC1CN(c2ccc(-c3ccc(CNC4CNC4)cc3)c(F)c2)C(=O)O1. The minimum atomic E-state index is -0.545. The molecular weight excluding hydrogens is 387 g/mol. The van der Waals surface area contributed by atoms with E-state index in [-0.39, 0.29) is 19.0 Å². The maximum atomic E-state index is 14.8. The fraction of sp³-hybridized carbons (Fsp3) is 0.364. The number of hydrogen-bond acceptors (Lipinski definition) is 5. The number of rotatable bonds is 7. The van der Waals surface area contributed by atoms with Gasteiger partial charge in [-0.15, -0.1) is 0 Å². The second-order valence-corrected chi connectivity index (χ2v) is 7.65. The summed E-state index contributed by atoms with van der Waals surface area (Å²) in [5, 5.41) is 9.30. The van der Waals surface area contributed by atoms with Crippen LogP contribution in [0.1, 0.15) is 12.5 Å². The number of carbonyl (C=O) groups excluding carboxylic acids is 2. The summed E-state index contributed by atoms with van der Waals surface area (Å²) in [5.41, 5.74) is 2.83. The summed E-state index contributed by atoms with van der Waals surface area (Å²) < 4.78 is 20.1. The van der Waals surface area contributed by atoms with Crippen molar-refractivity contribution in [2.45, 2.75) is 25.6 Å². The number of cyclic esters (lactones) is 1. The van der Waals surface area contributed by atoms with Crippen LogP contribution in [0.25, 0.3) is 11.1 Å². The first-order valence-electron chi connectivity index (χ1n) is 10.0. The molecule has 1 atom stereocenters. The summed E-state index contributed by atoms with van der Waals surface area (Å²) in [6, 6.07) is 13.0. The molecule has 0 aromatic heterocycles. The van der Waals surface area contributed by atoms with Gasteiger partial charge in [-0.1, -0.05) is 24.3 Å². The Labute approximate surface area is 174 Å². The van der Waals surface area contributed by atoms with Crippen molar-refractivity contribution in [3.8, 4) is 11.1 Å². The van der Waals surface area contributed by atoms with E-state index in [9.17, 15) is 14.0 Å². The number of nitrogens with one attached hydrogen (secondary N) is 3. The average molecular weight is 412 g/mol. The van der Waals surface area contributed by atoms with E-state index in [2.05, 4.69) is 16.0 Å². The number of halogens is 1. The molecule has 3 N–H and O–H groups in total. The largest absolute Gasteiger partial charge is 0.442 e. The Morgan fingerprint density at radius 2 is 2.00 bits per heavy atom. The molecule has 4 rings (SSSR count). The van der Waals surface area contributed by atoms with E-state index < -0.39 is 18.0 Å². The van der Waals surface area contributed by atoms with Crippen LogP contribution in [0.15, 0.2) is 42.5 Å². The highest BCUT2D eigenvalue weighted by Crippen LogP contribution is 2.29. The molecule has 0 saturated carbocycles. The maximum absolute atomic E-state index is 14.8. The third kappa shape index (κ3) is 4.60. The summed E-state index contributed by atoms with van der Waals surface area (Å²) >= 11 is 0. The quantitative estimate of drug-likeness (QED) is 0.648. The number of carbonyl (C=O) groups is 2. The van der Waals surface area contributed by atoms with Crippen LogP contribution in [0.5, 0.6) is 0 Å². The molecule has 2 aromatic carbocycles. The zero-order valence-corrected chi connectivity index (χ0v) is 16.8. The van der Waals surface area contributed by atoms with E-state index in [0.717, 1.165) is 30.8 Å². The summed E-state index contributed by atoms with van der Waals surface area (Å²) in [4.78, 5) is 24.5. The molecule has 0 spiro atoms. The zero-order chi connectivity index (χ0) is 21.1. The van der Waals surface area contributed by atoms with Crippen LogP contribution in [0.4, 0.5) is 14.9 Å². The molecule has 2 fully saturated rings. The van der Waals surface area contributed by atoms with Crippen LogP contribution in [0.2, 0.25) is 0 Å². The molecule has 158 valence electrons. The predicted molar refractivity (Wildman–Crippen MR) is 112 cm³/mol. The molecule has 0 aliphatic carbocycles. The monoisotopic (exact) mass is 412 g/mol. The van der Waals surface area contributed by atoms with E-state index in [4.69, 9.17) is 4.74 Å². The minimum absolute atomic E-state index is 0.193. The van der Waals surface area contributed by atoms with Gasteiger partial charge in [0.05, 0.1) is 18.8 Å². The summed E-state index contributed by atoms with van der Waals surface area (Å²) in [7, 11) is 0. The van der Waals surface area contributed by atoms with Gasteiger partial charge in [-0.2, -0.15) is 0 Å². The van der Waals surface area contributed by atoms with Gasteiger partial charge in [-0.05, 0) is 29.3 Å². The molecule has 0 radical (unpaired) electrons. The fourth-order valence-corrected chi connectivity index (χ4v) is 3.50. The lowest BCUT2D eigenvalue weighted by Gasteiger charge is -2.28. The first-order valence-corrected chi connectivity index (χ1v) is 10.0. The Kier molecular flexibility index (Phi) is 5.96. The summed E-state index contributed by atoms with van der Waals surface area (Å²) in [5.74, 6) is -0.598. The lowest BCUT2D eigenvalue weighted by molar-refractivity contribution is -0.119. The van der Waals surface area contributed by atoms with E-state index in [0.29, 0.717) is 17.3 Å². The molecule has 1 unspecified atom stereocenters. The van der Waals surface area contributed by atoms with Crippen molar-refractivity contribution < 1.29 is 18.7 Å². The fourth-order valence-electron chi connectivity index (χ4n) is 3.50. The molecule has 8 heteroatoms. The predicted octanol–water partition coefficient (Wildman–Crippen LogP) is 2.02. The normalized spacial score (nSPS) is 18.8. The Bertz CT molecular complexity index is 930. The van der Waals surface area contributed by atoms with Gasteiger partial charge in [0.1, 0.15) is 11.9 Å². The van der Waals surface area contributed by atoms with Crippen LogP contribution in [-0.4, -0.2) is 50.3 Å². The van der Waals surface area contributed by atoms with Crippen LogP contribution in [0.3, 0.4) is 0 Å². The van der Waals surface area contributed by atoms with Gasteiger partial charge in [0, 0.05) is 38.2 Å². The molecular formula is C22H25FN4O3. The molecule has 2 aliphatic rings. The second kappa shape index (κ2) is 8.81. The van der Waals surface area contributed by atoms with Crippen LogP contribution in [-0.2, 0) is 16.1 Å². The van der Waals surface area contributed by atoms with Crippen LogP contribution in [0, 0.1) is 5.82 Å². The third-order valence-corrected chi connectivity index (χ3v) is 5.36. The highest BCUT2D eigenvalue weighted by atomic mass is 19.1. The molecule has 2 aliphatic heterocycles. The molecule has 2 heterocycles. The third-order valence-electron chi connectivity index (χ3n) is 5.36. The van der Waals surface area contributed by atoms with Gasteiger partial charge in [-0.3, -0.25) is 9.69 Å². The summed E-state index contributed by atoms with van der Waals surface area (Å²) in [6.07, 6.45) is -1.00. The summed E-state index contributed by atoms with van der Waals surface area (Å²) in [6.45, 7) is 4.66. The van der Waals surface area contributed by atoms with Crippen molar-refractivity contribution in [2.24, 2.45) is 0 Å². The van der Waals surface area contributed by atoms with Gasteiger partial charge >= 0.3 is 6.09 Å². The second-order valence-electron chi connectivity index (χ2n) is 7.65. The minimum Gasteiger partial charge on any atom is -0.442 e. The van der Waals surface area contributed by atoms with Crippen molar-refractivity contribution >= 4 is 17.7 Å². The van der Waals surface area contributed by atoms with Crippen molar-refractivity contribution in [1.29, 1.82) is 0 Å². The average Bonchev–Trinajstić information content (AvgIpc) is 3.06. The highest BCUT2D eigenvalue weighted by molar-refractivity contribution is 5.90. The first kappa shape index (κ1) is 20.3. The van der Waals surface area contributed by atoms with Crippen molar-refractivity contribution in [3.05, 3.63) is 53.8 Å². The Morgan fingerprint density at radius 3 is 2.63 bits per heavy atom. The van der Waals surface area contributed by atoms with Gasteiger partial charge in [0.15, 0.2) is 0 Å². The van der Waals surface area contributed by atoms with E-state index in [1.165, 1.54) is 17.9 Å². The lowest BCUT2D eigenvalue weighted by Crippen LogP contribution is -2.54. The maximum Gasteiger partial charge on any atom is 0.414 e. The molecule has 2 aromatic rings. The molecule has 0 bridgehead atoms. The van der Waals surface area contributed by atoms with Gasteiger partial charge in [-0.25, -0.2) is 9.18 Å². The lowest BCUT2D eigenvalue weighted by atomic mass is 10.0. The van der Waals surface area contributed by atoms with E-state index >= 15 is 0 Å². The van der Waals surface area contributed by atoms with Gasteiger partial charge < -0.3 is 20.7 Å². The molecule has 2 saturated heterocycles. The number of amides is 2. The number of hydrogen-bond donors (Lipinski definition) is 3. The standard InChI is InChI=1S/C22H25FN4O3/c1-14(28)25-12-19-13-27(22(29)30-19)18-6-7-20(21(23)8-18)16-4-2-15(3-5-16)9-26-17-10-24-11-17/h2-8,17,19,24,26H,9-13H2,1H3,(H,25,28). The number of ether oxygens (including phenoxy) is 1. The molecule has 30 heavy (non-hydrogen) atoms. The number of benzene rings is 2. The molecule has 2 amide bonds.